The summed E-state index contributed by atoms with van der Waals surface area (Å²) in [6, 6.07) is 7.96. The summed E-state index contributed by atoms with van der Waals surface area (Å²) in [4.78, 5) is 23.4. The van der Waals surface area contributed by atoms with Gasteiger partial charge in [0.2, 0.25) is 0 Å². The van der Waals surface area contributed by atoms with Crippen molar-refractivity contribution in [1.82, 2.24) is 0 Å². The van der Waals surface area contributed by atoms with Crippen LogP contribution < -0.4 is 15.4 Å². The molecule has 27 heavy (non-hydrogen) atoms. The van der Waals surface area contributed by atoms with Crippen LogP contribution in [0.5, 0.6) is 5.75 Å². The second-order valence-corrected chi connectivity index (χ2v) is 7.36. The van der Waals surface area contributed by atoms with E-state index in [1.807, 2.05) is 0 Å². The number of amides is 2. The molecule has 0 radical (unpaired) electrons. The zero-order valence-corrected chi connectivity index (χ0v) is 15.4. The maximum absolute atomic E-state index is 12.6. The van der Waals surface area contributed by atoms with Gasteiger partial charge in [-0.2, -0.15) is 0 Å². The lowest BCUT2D eigenvalue weighted by Crippen LogP contribution is -2.28. The maximum Gasteiger partial charge on any atom is 0.411 e. The van der Waals surface area contributed by atoms with Gasteiger partial charge in [0.25, 0.3) is 15.9 Å². The van der Waals surface area contributed by atoms with Gasteiger partial charge in [-0.05, 0) is 55.8 Å². The summed E-state index contributed by atoms with van der Waals surface area (Å²) >= 11 is 0. The molecular formula is C17H19N3O6S. The van der Waals surface area contributed by atoms with Crippen LogP contribution in [0.1, 0.15) is 22.8 Å². The molecule has 0 saturated heterocycles. The first-order chi connectivity index (χ1) is 12.6. The summed E-state index contributed by atoms with van der Waals surface area (Å²) in [5.41, 5.74) is 5.64. The SMILES string of the molecule is CCN(C(=O)O)c1ccc(NS(=O)(=O)c2cc(C)c(O)c(C(N)=O)c2)cc1. The predicted molar refractivity (Wildman–Crippen MR) is 99.7 cm³/mol. The van der Waals surface area contributed by atoms with Gasteiger partial charge in [0.15, 0.2) is 0 Å². The van der Waals surface area contributed by atoms with Crippen LogP contribution in [0.15, 0.2) is 41.3 Å². The third kappa shape index (κ3) is 4.29. The number of sulfonamides is 1. The lowest BCUT2D eigenvalue weighted by molar-refractivity contribution is 0.0997. The van der Waals surface area contributed by atoms with E-state index >= 15 is 0 Å². The van der Waals surface area contributed by atoms with Crippen LogP contribution in [0.3, 0.4) is 0 Å². The summed E-state index contributed by atoms with van der Waals surface area (Å²) in [6.45, 7) is 3.36. The van der Waals surface area contributed by atoms with Gasteiger partial charge in [-0.15, -0.1) is 0 Å². The summed E-state index contributed by atoms with van der Waals surface area (Å²) in [5.74, 6) is -1.33. The van der Waals surface area contributed by atoms with E-state index in [2.05, 4.69) is 4.72 Å². The molecule has 0 aliphatic heterocycles. The average molecular weight is 393 g/mol. The number of carboxylic acid groups (broad SMARTS) is 1. The first-order valence-corrected chi connectivity index (χ1v) is 9.32. The lowest BCUT2D eigenvalue weighted by Gasteiger charge is -2.17. The number of aryl methyl sites for hydroxylation is 1. The first kappa shape index (κ1) is 20.0. The van der Waals surface area contributed by atoms with Gasteiger partial charge in [0.1, 0.15) is 5.75 Å². The van der Waals surface area contributed by atoms with Gasteiger partial charge in [-0.1, -0.05) is 0 Å². The Balaban J connectivity index is 2.34. The van der Waals surface area contributed by atoms with E-state index < -0.39 is 22.0 Å². The molecule has 0 aliphatic rings. The number of phenols is 1. The van der Waals surface area contributed by atoms with Crippen LogP contribution in [0.25, 0.3) is 0 Å². The van der Waals surface area contributed by atoms with E-state index in [1.165, 1.54) is 37.3 Å². The Morgan fingerprint density at radius 3 is 2.26 bits per heavy atom. The van der Waals surface area contributed by atoms with Crippen LogP contribution in [0.2, 0.25) is 0 Å². The van der Waals surface area contributed by atoms with Crippen LogP contribution >= 0.6 is 0 Å². The molecule has 144 valence electrons. The minimum Gasteiger partial charge on any atom is -0.507 e. The van der Waals surface area contributed by atoms with E-state index in [-0.39, 0.29) is 34.0 Å². The first-order valence-electron chi connectivity index (χ1n) is 7.83. The Labute approximate surface area is 156 Å². The van der Waals surface area contributed by atoms with Crippen LogP contribution in [-0.4, -0.2) is 37.2 Å². The van der Waals surface area contributed by atoms with Gasteiger partial charge in [0, 0.05) is 17.9 Å². The molecule has 0 atom stereocenters. The third-order valence-electron chi connectivity index (χ3n) is 3.83. The van der Waals surface area contributed by atoms with Crippen molar-refractivity contribution in [2.24, 2.45) is 5.73 Å². The zero-order valence-electron chi connectivity index (χ0n) is 14.6. The molecule has 0 fully saturated rings. The molecule has 0 aromatic heterocycles. The molecule has 9 nitrogen and oxygen atoms in total. The summed E-state index contributed by atoms with van der Waals surface area (Å²) in [5, 5.41) is 18.9. The molecule has 0 spiro atoms. The Morgan fingerprint density at radius 1 is 1.19 bits per heavy atom. The minimum atomic E-state index is -4.06. The molecular weight excluding hydrogens is 374 g/mol. The van der Waals surface area contributed by atoms with E-state index in [9.17, 15) is 23.1 Å². The van der Waals surface area contributed by atoms with Crippen molar-refractivity contribution < 1.29 is 28.2 Å². The van der Waals surface area contributed by atoms with E-state index in [0.29, 0.717) is 5.69 Å². The third-order valence-corrected chi connectivity index (χ3v) is 5.19. The number of carbonyl (C=O) groups is 2. The number of hydrogen-bond acceptors (Lipinski definition) is 5. The molecule has 2 aromatic rings. The van der Waals surface area contributed by atoms with Crippen LogP contribution in [0.4, 0.5) is 16.2 Å². The highest BCUT2D eigenvalue weighted by atomic mass is 32.2. The van der Waals surface area contributed by atoms with Crippen molar-refractivity contribution >= 4 is 33.4 Å². The summed E-state index contributed by atoms with van der Waals surface area (Å²) in [6.07, 6.45) is -1.12. The molecule has 2 aromatic carbocycles. The molecule has 0 unspecified atom stereocenters. The van der Waals surface area contributed by atoms with E-state index in [1.54, 1.807) is 6.92 Å². The highest BCUT2D eigenvalue weighted by Gasteiger charge is 2.20. The van der Waals surface area contributed by atoms with Gasteiger partial charge in [-0.3, -0.25) is 14.4 Å². The van der Waals surface area contributed by atoms with Crippen molar-refractivity contribution in [3.05, 3.63) is 47.5 Å². The van der Waals surface area contributed by atoms with Crippen molar-refractivity contribution in [2.75, 3.05) is 16.2 Å². The molecule has 0 aliphatic carbocycles. The van der Waals surface area contributed by atoms with Gasteiger partial charge in [0.05, 0.1) is 10.5 Å². The molecule has 2 rings (SSSR count). The number of nitrogens with zero attached hydrogens (tertiary/aromatic N) is 1. The second-order valence-electron chi connectivity index (χ2n) is 5.68. The molecule has 2 amide bonds. The fourth-order valence-electron chi connectivity index (χ4n) is 2.44. The quantitative estimate of drug-likeness (QED) is 0.590. The zero-order chi connectivity index (χ0) is 20.4. The number of aromatic hydroxyl groups is 1. The monoisotopic (exact) mass is 393 g/mol. The largest absolute Gasteiger partial charge is 0.507 e. The van der Waals surface area contributed by atoms with Crippen molar-refractivity contribution in [3.8, 4) is 5.75 Å². The number of benzene rings is 2. The minimum absolute atomic E-state index is 0.182. The van der Waals surface area contributed by atoms with Crippen molar-refractivity contribution in [2.45, 2.75) is 18.7 Å². The van der Waals surface area contributed by atoms with Gasteiger partial charge < -0.3 is 15.9 Å². The molecule has 0 bridgehead atoms. The molecule has 10 heteroatoms. The van der Waals surface area contributed by atoms with Crippen LogP contribution in [0, 0.1) is 6.92 Å². The Kier molecular flexibility index (Phi) is 5.60. The number of nitrogens with one attached hydrogen (secondary N) is 1. The number of anilines is 2. The number of rotatable bonds is 6. The van der Waals surface area contributed by atoms with Crippen molar-refractivity contribution in [1.29, 1.82) is 0 Å². The second kappa shape index (κ2) is 7.54. The fraction of sp³-hybridized carbons (Fsp3) is 0.176. The highest BCUT2D eigenvalue weighted by Crippen LogP contribution is 2.27. The Hall–Kier alpha value is -3.27. The smallest absolute Gasteiger partial charge is 0.411 e. The van der Waals surface area contributed by atoms with Gasteiger partial charge in [-0.25, -0.2) is 13.2 Å². The van der Waals surface area contributed by atoms with E-state index in [4.69, 9.17) is 10.8 Å². The molecule has 0 saturated carbocycles. The number of carbonyl (C=O) groups excluding carboxylic acids is 1. The molecule has 5 N–H and O–H groups in total. The normalized spacial score (nSPS) is 11.0. The topological polar surface area (TPSA) is 150 Å². The molecule has 0 heterocycles. The summed E-state index contributed by atoms with van der Waals surface area (Å²) < 4.78 is 27.5. The summed E-state index contributed by atoms with van der Waals surface area (Å²) in [7, 11) is -4.06. The maximum atomic E-state index is 12.6. The Bertz CT molecular complexity index is 986. The lowest BCUT2D eigenvalue weighted by atomic mass is 10.1. The average Bonchev–Trinajstić information content (AvgIpc) is 2.58. The highest BCUT2D eigenvalue weighted by molar-refractivity contribution is 7.92. The standard InChI is InChI=1S/C17H19N3O6S/c1-3-20(17(23)24)12-6-4-11(5-7-12)19-27(25,26)13-8-10(2)15(21)14(9-13)16(18)22/h4-9,19,21H,3H2,1-2H3,(H2,18,22)(H,23,24). The predicted octanol–water partition coefficient (Wildman–Crippen LogP) is 2.10. The van der Waals surface area contributed by atoms with Crippen LogP contribution in [-0.2, 0) is 10.0 Å². The number of nitrogens with two attached hydrogens (primary N) is 1. The van der Waals surface area contributed by atoms with E-state index in [0.717, 1.165) is 11.0 Å². The fourth-order valence-corrected chi connectivity index (χ4v) is 3.61. The van der Waals surface area contributed by atoms with Crippen molar-refractivity contribution in [3.63, 3.8) is 0 Å². The van der Waals surface area contributed by atoms with Gasteiger partial charge >= 0.3 is 6.09 Å². The number of primary amides is 1. The Morgan fingerprint density at radius 2 is 1.78 bits per heavy atom. The number of hydrogen-bond donors (Lipinski definition) is 4.